The van der Waals surface area contributed by atoms with Crippen LogP contribution in [0.15, 0.2) is 41.0 Å². The van der Waals surface area contributed by atoms with Crippen molar-refractivity contribution in [3.8, 4) is 11.3 Å². The van der Waals surface area contributed by atoms with Gasteiger partial charge in [-0.15, -0.1) is 0 Å². The molecule has 16 heavy (non-hydrogen) atoms. The fourth-order valence-corrected chi connectivity index (χ4v) is 1.85. The monoisotopic (exact) mass is 280 g/mol. The van der Waals surface area contributed by atoms with Crippen molar-refractivity contribution in [1.82, 2.24) is 4.98 Å². The molecule has 2 nitrogen and oxygen atoms in total. The molecule has 0 aliphatic rings. The first-order valence-electron chi connectivity index (χ1n) is 4.81. The molecule has 0 amide bonds. The molecule has 2 N–H and O–H groups in total. The van der Waals surface area contributed by atoms with Crippen LogP contribution in [0.2, 0.25) is 0 Å². The van der Waals surface area contributed by atoms with E-state index in [2.05, 4.69) is 20.9 Å². The first-order valence-corrected chi connectivity index (χ1v) is 5.61. The maximum absolute atomic E-state index is 13.7. The van der Waals surface area contributed by atoms with Crippen molar-refractivity contribution < 1.29 is 4.39 Å². The average molecular weight is 281 g/mol. The highest BCUT2D eigenvalue weighted by molar-refractivity contribution is 9.10. The highest BCUT2D eigenvalue weighted by atomic mass is 79.9. The number of nitrogens with two attached hydrogens (primary N) is 1. The Hall–Kier alpha value is -1.26. The fourth-order valence-electron chi connectivity index (χ4n) is 1.54. The lowest BCUT2D eigenvalue weighted by atomic mass is 10.0. The Bertz CT molecular complexity index is 514. The third kappa shape index (κ3) is 2.13. The van der Waals surface area contributed by atoms with Crippen molar-refractivity contribution in [3.63, 3.8) is 0 Å². The standard InChI is InChI=1S/C12H10BrFN2/c13-9-5-11(14)12(16-7-9)10-4-2-1-3-8(10)6-15/h1-5,7H,6,15H2. The maximum atomic E-state index is 13.7. The smallest absolute Gasteiger partial charge is 0.150 e. The number of pyridine rings is 1. The van der Waals surface area contributed by atoms with Gasteiger partial charge in [0.05, 0.1) is 0 Å². The lowest BCUT2D eigenvalue weighted by Gasteiger charge is -2.07. The molecule has 0 aliphatic heterocycles. The van der Waals surface area contributed by atoms with Crippen molar-refractivity contribution in [3.05, 3.63) is 52.4 Å². The Morgan fingerprint density at radius 1 is 1.31 bits per heavy atom. The summed E-state index contributed by atoms with van der Waals surface area (Å²) >= 11 is 3.18. The number of hydrogen-bond acceptors (Lipinski definition) is 2. The van der Waals surface area contributed by atoms with Gasteiger partial charge >= 0.3 is 0 Å². The van der Waals surface area contributed by atoms with Gasteiger partial charge in [0, 0.05) is 22.8 Å². The van der Waals surface area contributed by atoms with E-state index in [0.29, 0.717) is 16.7 Å². The third-order valence-corrected chi connectivity index (χ3v) is 2.73. The number of hydrogen-bond donors (Lipinski definition) is 1. The molecule has 1 aromatic carbocycles. The molecule has 0 unspecified atom stereocenters. The Kier molecular flexibility index (Phi) is 3.31. The van der Waals surface area contributed by atoms with Gasteiger partial charge in [-0.1, -0.05) is 24.3 Å². The van der Waals surface area contributed by atoms with E-state index < -0.39 is 0 Å². The highest BCUT2D eigenvalue weighted by Gasteiger charge is 2.10. The van der Waals surface area contributed by atoms with Gasteiger partial charge in [-0.05, 0) is 27.6 Å². The molecule has 0 bridgehead atoms. The molecule has 4 heteroatoms. The first kappa shape index (κ1) is 11.2. The molecule has 82 valence electrons. The molecule has 0 aliphatic carbocycles. The number of aromatic nitrogens is 1. The summed E-state index contributed by atoms with van der Waals surface area (Å²) in [7, 11) is 0. The Labute approximate surface area is 101 Å². The van der Waals surface area contributed by atoms with E-state index in [0.717, 1.165) is 11.1 Å². The lowest BCUT2D eigenvalue weighted by Crippen LogP contribution is -2.00. The van der Waals surface area contributed by atoms with Crippen LogP contribution in [0.3, 0.4) is 0 Å². The van der Waals surface area contributed by atoms with Crippen LogP contribution in [-0.4, -0.2) is 4.98 Å². The van der Waals surface area contributed by atoms with Crippen LogP contribution < -0.4 is 5.73 Å². The van der Waals surface area contributed by atoms with Crippen LogP contribution >= 0.6 is 15.9 Å². The summed E-state index contributed by atoms with van der Waals surface area (Å²) in [6, 6.07) is 8.82. The quantitative estimate of drug-likeness (QED) is 0.918. The maximum Gasteiger partial charge on any atom is 0.150 e. The molecular weight excluding hydrogens is 271 g/mol. The molecule has 0 saturated heterocycles. The molecule has 2 aromatic rings. The molecule has 2 rings (SSSR count). The summed E-state index contributed by atoms with van der Waals surface area (Å²) in [5.41, 5.74) is 7.58. The predicted octanol–water partition coefficient (Wildman–Crippen LogP) is 3.11. The van der Waals surface area contributed by atoms with Crippen LogP contribution in [0.25, 0.3) is 11.3 Å². The van der Waals surface area contributed by atoms with Crippen molar-refractivity contribution in [2.45, 2.75) is 6.54 Å². The second kappa shape index (κ2) is 4.72. The average Bonchev–Trinajstić information content (AvgIpc) is 2.29. The topological polar surface area (TPSA) is 38.9 Å². The number of halogens is 2. The molecular formula is C12H10BrFN2. The zero-order valence-electron chi connectivity index (χ0n) is 8.45. The largest absolute Gasteiger partial charge is 0.326 e. The molecule has 0 spiro atoms. The van der Waals surface area contributed by atoms with Gasteiger partial charge in [0.15, 0.2) is 5.82 Å². The van der Waals surface area contributed by atoms with Crippen LogP contribution in [0, 0.1) is 5.82 Å². The summed E-state index contributed by atoms with van der Waals surface area (Å²) < 4.78 is 14.3. The summed E-state index contributed by atoms with van der Waals surface area (Å²) in [4.78, 5) is 4.08. The van der Waals surface area contributed by atoms with Gasteiger partial charge in [-0.25, -0.2) is 4.39 Å². The van der Waals surface area contributed by atoms with E-state index in [1.807, 2.05) is 24.3 Å². The van der Waals surface area contributed by atoms with Crippen LogP contribution in [0.5, 0.6) is 0 Å². The number of benzene rings is 1. The minimum Gasteiger partial charge on any atom is -0.326 e. The van der Waals surface area contributed by atoms with E-state index in [4.69, 9.17) is 5.73 Å². The van der Waals surface area contributed by atoms with Crippen molar-refractivity contribution in [2.75, 3.05) is 0 Å². The molecule has 0 saturated carbocycles. The summed E-state index contributed by atoms with van der Waals surface area (Å²) in [6.45, 7) is 0.368. The van der Waals surface area contributed by atoms with Gasteiger partial charge in [0.2, 0.25) is 0 Å². The van der Waals surface area contributed by atoms with Crippen molar-refractivity contribution >= 4 is 15.9 Å². The van der Waals surface area contributed by atoms with Crippen LogP contribution in [0.4, 0.5) is 4.39 Å². The molecule has 0 atom stereocenters. The molecule has 0 radical (unpaired) electrons. The van der Waals surface area contributed by atoms with Gasteiger partial charge in [0.1, 0.15) is 5.69 Å². The lowest BCUT2D eigenvalue weighted by molar-refractivity contribution is 0.624. The Morgan fingerprint density at radius 3 is 2.75 bits per heavy atom. The zero-order valence-corrected chi connectivity index (χ0v) is 10.0. The summed E-state index contributed by atoms with van der Waals surface area (Å²) in [5, 5.41) is 0. The van der Waals surface area contributed by atoms with Gasteiger partial charge in [0.25, 0.3) is 0 Å². The second-order valence-electron chi connectivity index (χ2n) is 3.35. The van der Waals surface area contributed by atoms with E-state index in [1.54, 1.807) is 6.20 Å². The van der Waals surface area contributed by atoms with E-state index in [-0.39, 0.29) is 5.82 Å². The van der Waals surface area contributed by atoms with Crippen LogP contribution in [-0.2, 0) is 6.54 Å². The van der Waals surface area contributed by atoms with Crippen molar-refractivity contribution in [1.29, 1.82) is 0 Å². The first-order chi connectivity index (χ1) is 7.72. The van der Waals surface area contributed by atoms with Crippen molar-refractivity contribution in [2.24, 2.45) is 5.73 Å². The highest BCUT2D eigenvalue weighted by Crippen LogP contribution is 2.25. The molecule has 1 heterocycles. The van der Waals surface area contributed by atoms with Crippen LogP contribution in [0.1, 0.15) is 5.56 Å². The zero-order chi connectivity index (χ0) is 11.5. The summed E-state index contributed by atoms with van der Waals surface area (Å²) in [5.74, 6) is -0.352. The van der Waals surface area contributed by atoms with Gasteiger partial charge in [-0.2, -0.15) is 0 Å². The minimum atomic E-state index is -0.352. The second-order valence-corrected chi connectivity index (χ2v) is 4.26. The Morgan fingerprint density at radius 2 is 2.06 bits per heavy atom. The summed E-state index contributed by atoms with van der Waals surface area (Å²) in [6.07, 6.45) is 1.58. The predicted molar refractivity (Wildman–Crippen MR) is 65.2 cm³/mol. The van der Waals surface area contributed by atoms with E-state index in [9.17, 15) is 4.39 Å². The number of nitrogens with zero attached hydrogens (tertiary/aromatic N) is 1. The van der Waals surface area contributed by atoms with Gasteiger partial charge in [-0.3, -0.25) is 4.98 Å². The normalized spacial score (nSPS) is 10.4. The molecule has 1 aromatic heterocycles. The van der Waals surface area contributed by atoms with Gasteiger partial charge < -0.3 is 5.73 Å². The fraction of sp³-hybridized carbons (Fsp3) is 0.0833. The van der Waals surface area contributed by atoms with E-state index >= 15 is 0 Å². The Balaban J connectivity index is 2.58. The SMILES string of the molecule is NCc1ccccc1-c1ncc(Br)cc1F. The van der Waals surface area contributed by atoms with E-state index in [1.165, 1.54) is 6.07 Å². The molecule has 0 fully saturated rings. The number of rotatable bonds is 2. The third-order valence-electron chi connectivity index (χ3n) is 2.30. The minimum absolute atomic E-state index is 0.337.